The zero-order valence-electron chi connectivity index (χ0n) is 20.5. The van der Waals surface area contributed by atoms with E-state index in [2.05, 4.69) is 128 Å². The maximum absolute atomic E-state index is 4.96. The third kappa shape index (κ3) is 4.93. The van der Waals surface area contributed by atoms with Crippen LogP contribution in [0.15, 0.2) is 133 Å². The normalized spacial score (nSPS) is 10.8. The molecule has 1 aromatic heterocycles. The lowest BCUT2D eigenvalue weighted by molar-refractivity contribution is 1.07. The van der Waals surface area contributed by atoms with Gasteiger partial charge < -0.3 is 0 Å². The minimum Gasteiger partial charge on any atom is -0.208 e. The van der Waals surface area contributed by atoms with Gasteiger partial charge >= 0.3 is 0 Å². The second-order valence-electron chi connectivity index (χ2n) is 9.07. The average molecular weight is 476 g/mol. The van der Waals surface area contributed by atoms with Crippen molar-refractivity contribution < 1.29 is 0 Å². The summed E-state index contributed by atoms with van der Waals surface area (Å²) >= 11 is 0. The Kier molecular flexibility index (Phi) is 6.10. The molecular formula is C34H25N3. The fraction of sp³-hybridized carbons (Fsp3) is 0.0294. The van der Waals surface area contributed by atoms with Crippen LogP contribution >= 0.6 is 0 Å². The molecule has 0 atom stereocenters. The number of aryl methyl sites for hydroxylation is 1. The van der Waals surface area contributed by atoms with Crippen molar-refractivity contribution in [2.45, 2.75) is 6.92 Å². The van der Waals surface area contributed by atoms with Gasteiger partial charge in [-0.1, -0.05) is 127 Å². The van der Waals surface area contributed by atoms with Gasteiger partial charge in [0.1, 0.15) is 0 Å². The highest BCUT2D eigenvalue weighted by molar-refractivity contribution is 5.74. The van der Waals surface area contributed by atoms with E-state index in [4.69, 9.17) is 15.0 Å². The first-order valence-electron chi connectivity index (χ1n) is 12.4. The van der Waals surface area contributed by atoms with Crippen molar-refractivity contribution >= 4 is 0 Å². The van der Waals surface area contributed by atoms with Crippen LogP contribution in [0.2, 0.25) is 0 Å². The molecule has 0 bridgehead atoms. The van der Waals surface area contributed by atoms with E-state index in [0.717, 1.165) is 38.9 Å². The molecule has 37 heavy (non-hydrogen) atoms. The van der Waals surface area contributed by atoms with Crippen molar-refractivity contribution in [1.82, 2.24) is 15.0 Å². The van der Waals surface area contributed by atoms with Gasteiger partial charge in [0.25, 0.3) is 0 Å². The average Bonchev–Trinajstić information content (AvgIpc) is 2.98. The summed E-state index contributed by atoms with van der Waals surface area (Å²) in [7, 11) is 0. The molecule has 3 heteroatoms. The van der Waals surface area contributed by atoms with Crippen LogP contribution in [0.3, 0.4) is 0 Å². The lowest BCUT2D eigenvalue weighted by Gasteiger charge is -2.11. The predicted octanol–water partition coefficient (Wildman–Crippen LogP) is 8.52. The van der Waals surface area contributed by atoms with E-state index in [1.54, 1.807) is 0 Å². The van der Waals surface area contributed by atoms with Crippen LogP contribution in [-0.4, -0.2) is 15.0 Å². The van der Waals surface area contributed by atoms with Crippen LogP contribution in [-0.2, 0) is 0 Å². The van der Waals surface area contributed by atoms with Gasteiger partial charge in [0.2, 0.25) is 0 Å². The number of hydrogen-bond acceptors (Lipinski definition) is 3. The number of nitrogens with zero attached hydrogens (tertiary/aromatic N) is 3. The predicted molar refractivity (Wildman–Crippen MR) is 152 cm³/mol. The largest absolute Gasteiger partial charge is 0.208 e. The first kappa shape index (κ1) is 22.6. The highest BCUT2D eigenvalue weighted by Gasteiger charge is 2.13. The summed E-state index contributed by atoms with van der Waals surface area (Å²) in [6, 6.07) is 45.8. The quantitative estimate of drug-likeness (QED) is 0.251. The Morgan fingerprint density at radius 3 is 1.16 bits per heavy atom. The van der Waals surface area contributed by atoms with Crippen LogP contribution in [0, 0.1) is 6.92 Å². The molecule has 0 saturated carbocycles. The second-order valence-corrected chi connectivity index (χ2v) is 9.07. The molecule has 0 radical (unpaired) electrons. The SMILES string of the molecule is Cc1ccc(-c2nc(-c3cccc(-c4ccccc4)c3)nc(-c3cccc(-c4ccccc4)c3)n2)cc1. The first-order valence-corrected chi connectivity index (χ1v) is 12.4. The van der Waals surface area contributed by atoms with Gasteiger partial charge in [-0.25, -0.2) is 15.0 Å². The number of benzene rings is 5. The van der Waals surface area contributed by atoms with Crippen LogP contribution < -0.4 is 0 Å². The molecule has 6 aromatic rings. The summed E-state index contributed by atoms with van der Waals surface area (Å²) in [5.41, 5.74) is 8.65. The van der Waals surface area contributed by atoms with Gasteiger partial charge in [0.05, 0.1) is 0 Å². The molecule has 1 heterocycles. The minimum atomic E-state index is 0.656. The van der Waals surface area contributed by atoms with Crippen LogP contribution in [0.25, 0.3) is 56.4 Å². The van der Waals surface area contributed by atoms with E-state index < -0.39 is 0 Å². The summed E-state index contributed by atoms with van der Waals surface area (Å²) in [5, 5.41) is 0. The molecule has 0 aliphatic carbocycles. The van der Waals surface area contributed by atoms with Gasteiger partial charge in [-0.2, -0.15) is 0 Å². The van der Waals surface area contributed by atoms with Crippen LogP contribution in [0.1, 0.15) is 5.56 Å². The number of rotatable bonds is 5. The fourth-order valence-corrected chi connectivity index (χ4v) is 4.40. The molecule has 5 aromatic carbocycles. The summed E-state index contributed by atoms with van der Waals surface area (Å²) < 4.78 is 0. The molecule has 0 N–H and O–H groups in total. The smallest absolute Gasteiger partial charge is 0.164 e. The monoisotopic (exact) mass is 475 g/mol. The molecule has 0 fully saturated rings. The Balaban J connectivity index is 1.50. The van der Waals surface area contributed by atoms with E-state index in [-0.39, 0.29) is 0 Å². The van der Waals surface area contributed by atoms with E-state index in [0.29, 0.717) is 17.5 Å². The topological polar surface area (TPSA) is 38.7 Å². The Morgan fingerprint density at radius 2 is 0.703 bits per heavy atom. The summed E-state index contributed by atoms with van der Waals surface area (Å²) in [4.78, 5) is 14.8. The number of hydrogen-bond donors (Lipinski definition) is 0. The highest BCUT2D eigenvalue weighted by atomic mass is 15.0. The Hall–Kier alpha value is -4.89. The molecule has 0 aliphatic rings. The Morgan fingerprint density at radius 1 is 0.324 bits per heavy atom. The molecule has 0 spiro atoms. The minimum absolute atomic E-state index is 0.656. The lowest BCUT2D eigenvalue weighted by atomic mass is 10.0. The summed E-state index contributed by atoms with van der Waals surface area (Å²) in [6.45, 7) is 2.08. The molecule has 3 nitrogen and oxygen atoms in total. The van der Waals surface area contributed by atoms with Crippen molar-refractivity contribution in [3.05, 3.63) is 139 Å². The molecule has 0 saturated heterocycles. The first-order chi connectivity index (χ1) is 18.2. The van der Waals surface area contributed by atoms with E-state index in [1.807, 2.05) is 12.1 Å². The Bertz CT molecular complexity index is 1560. The maximum Gasteiger partial charge on any atom is 0.164 e. The molecule has 0 unspecified atom stereocenters. The van der Waals surface area contributed by atoms with Crippen molar-refractivity contribution in [1.29, 1.82) is 0 Å². The van der Waals surface area contributed by atoms with Gasteiger partial charge in [-0.05, 0) is 41.3 Å². The zero-order chi connectivity index (χ0) is 25.0. The third-order valence-electron chi connectivity index (χ3n) is 6.40. The number of aromatic nitrogens is 3. The van der Waals surface area contributed by atoms with Gasteiger partial charge in [-0.15, -0.1) is 0 Å². The van der Waals surface area contributed by atoms with Crippen LogP contribution in [0.5, 0.6) is 0 Å². The van der Waals surface area contributed by atoms with Gasteiger partial charge in [-0.3, -0.25) is 0 Å². The maximum atomic E-state index is 4.96. The summed E-state index contributed by atoms with van der Waals surface area (Å²) in [5.74, 6) is 1.97. The third-order valence-corrected chi connectivity index (χ3v) is 6.40. The molecule has 0 amide bonds. The summed E-state index contributed by atoms with van der Waals surface area (Å²) in [6.07, 6.45) is 0. The molecule has 176 valence electrons. The fourth-order valence-electron chi connectivity index (χ4n) is 4.40. The van der Waals surface area contributed by atoms with Crippen molar-refractivity contribution in [3.8, 4) is 56.4 Å². The molecule has 0 aliphatic heterocycles. The van der Waals surface area contributed by atoms with Crippen molar-refractivity contribution in [3.63, 3.8) is 0 Å². The highest BCUT2D eigenvalue weighted by Crippen LogP contribution is 2.30. The van der Waals surface area contributed by atoms with E-state index in [1.165, 1.54) is 5.56 Å². The van der Waals surface area contributed by atoms with E-state index in [9.17, 15) is 0 Å². The van der Waals surface area contributed by atoms with Crippen molar-refractivity contribution in [2.75, 3.05) is 0 Å². The standard InChI is InChI=1S/C34H25N3/c1-24-18-20-27(21-19-24)32-35-33(30-16-8-14-28(22-30)25-10-4-2-5-11-25)37-34(36-32)31-17-9-15-29(23-31)26-12-6-3-7-13-26/h2-23H,1H3. The molecular weight excluding hydrogens is 450 g/mol. The lowest BCUT2D eigenvalue weighted by Crippen LogP contribution is -2.00. The zero-order valence-corrected chi connectivity index (χ0v) is 20.5. The Labute approximate surface area is 217 Å². The van der Waals surface area contributed by atoms with Crippen LogP contribution in [0.4, 0.5) is 0 Å². The molecule has 6 rings (SSSR count). The second kappa shape index (κ2) is 10.00. The van der Waals surface area contributed by atoms with Crippen molar-refractivity contribution in [2.24, 2.45) is 0 Å². The van der Waals surface area contributed by atoms with Gasteiger partial charge in [0, 0.05) is 16.7 Å². The van der Waals surface area contributed by atoms with E-state index >= 15 is 0 Å². The van der Waals surface area contributed by atoms with Gasteiger partial charge in [0.15, 0.2) is 17.5 Å².